The molecule has 25 heavy (non-hydrogen) atoms. The van der Waals surface area contributed by atoms with E-state index in [0.29, 0.717) is 0 Å². The first-order valence-corrected chi connectivity index (χ1v) is 10.0. The van der Waals surface area contributed by atoms with Gasteiger partial charge in [-0.15, -0.1) is 0 Å². The molecule has 1 unspecified atom stereocenters. The van der Waals surface area contributed by atoms with Crippen molar-refractivity contribution in [3.05, 3.63) is 11.5 Å². The minimum absolute atomic E-state index is 0.235. The van der Waals surface area contributed by atoms with Gasteiger partial charge in [-0.25, -0.2) is 0 Å². The fourth-order valence-corrected chi connectivity index (χ4v) is 2.89. The summed E-state index contributed by atoms with van der Waals surface area (Å²) >= 11 is 3.74. The predicted molar refractivity (Wildman–Crippen MR) is 110 cm³/mol. The standard InChI is InChI=1S/C17H36O4.C3H6S/c1-6-7-8-9-10-11-13-16(14-12-15-18-2)17(19-3,20-4)21-5;1-2-3-4/h16H,6-15H2,1-5H3;2-4H,1H3. The lowest BCUT2D eigenvalue weighted by molar-refractivity contribution is -0.380. The zero-order valence-corrected chi connectivity index (χ0v) is 18.3. The fraction of sp³-hybridized carbons (Fsp3) is 0.900. The molecule has 0 saturated heterocycles. The Labute approximate surface area is 162 Å². The highest BCUT2D eigenvalue weighted by Gasteiger charge is 2.39. The molecule has 0 aliphatic carbocycles. The number of unbranched alkanes of at least 4 members (excludes halogenated alkanes) is 5. The van der Waals surface area contributed by atoms with Gasteiger partial charge in [0.15, 0.2) is 0 Å². The maximum atomic E-state index is 5.54. The van der Waals surface area contributed by atoms with E-state index in [1.807, 2.05) is 13.0 Å². The second-order valence-corrected chi connectivity index (χ2v) is 6.38. The van der Waals surface area contributed by atoms with Gasteiger partial charge < -0.3 is 18.9 Å². The largest absolute Gasteiger partial charge is 0.385 e. The number of hydrogen-bond donors (Lipinski definition) is 1. The molecule has 152 valence electrons. The summed E-state index contributed by atoms with van der Waals surface area (Å²) in [7, 11) is 6.69. The third-order valence-corrected chi connectivity index (χ3v) is 4.61. The summed E-state index contributed by atoms with van der Waals surface area (Å²) in [6, 6.07) is 0. The molecule has 0 aliphatic rings. The molecule has 0 aromatic rings. The normalized spacial score (nSPS) is 12.9. The number of ether oxygens (including phenoxy) is 4. The Balaban J connectivity index is 0. The third-order valence-electron chi connectivity index (χ3n) is 4.31. The SMILES string of the molecule is CC=CS.CCCCCCCCC(CCCOC)C(OC)(OC)OC. The van der Waals surface area contributed by atoms with Crippen LogP contribution in [0.25, 0.3) is 0 Å². The van der Waals surface area contributed by atoms with Crippen molar-refractivity contribution >= 4 is 12.6 Å². The van der Waals surface area contributed by atoms with Crippen LogP contribution in [0.1, 0.15) is 71.6 Å². The van der Waals surface area contributed by atoms with Crippen LogP contribution in [0.4, 0.5) is 0 Å². The summed E-state index contributed by atoms with van der Waals surface area (Å²) in [5.74, 6) is -0.684. The summed E-state index contributed by atoms with van der Waals surface area (Å²) in [6.45, 7) is 4.93. The monoisotopic (exact) mass is 378 g/mol. The van der Waals surface area contributed by atoms with Gasteiger partial charge in [0.05, 0.1) is 0 Å². The van der Waals surface area contributed by atoms with Crippen molar-refractivity contribution in [2.75, 3.05) is 35.0 Å². The van der Waals surface area contributed by atoms with E-state index >= 15 is 0 Å². The second kappa shape index (κ2) is 20.2. The quantitative estimate of drug-likeness (QED) is 0.221. The molecule has 0 N–H and O–H groups in total. The van der Waals surface area contributed by atoms with Crippen molar-refractivity contribution < 1.29 is 18.9 Å². The zero-order valence-electron chi connectivity index (χ0n) is 17.4. The fourth-order valence-electron chi connectivity index (χ4n) is 2.89. The molecule has 0 radical (unpaired) electrons. The molecule has 4 nitrogen and oxygen atoms in total. The van der Waals surface area contributed by atoms with Crippen LogP contribution >= 0.6 is 12.6 Å². The minimum Gasteiger partial charge on any atom is -0.385 e. The molecular formula is C20H42O4S. The van der Waals surface area contributed by atoms with Gasteiger partial charge >= 0.3 is 0 Å². The summed E-state index contributed by atoms with van der Waals surface area (Å²) in [5.41, 5.74) is 0. The second-order valence-electron chi connectivity index (χ2n) is 6.09. The van der Waals surface area contributed by atoms with E-state index in [9.17, 15) is 0 Å². The van der Waals surface area contributed by atoms with Crippen molar-refractivity contribution in [2.24, 2.45) is 5.92 Å². The molecule has 0 bridgehead atoms. The summed E-state index contributed by atoms with van der Waals surface area (Å²) < 4.78 is 21.8. The lowest BCUT2D eigenvalue weighted by Gasteiger charge is -2.36. The van der Waals surface area contributed by atoms with E-state index in [4.69, 9.17) is 18.9 Å². The maximum absolute atomic E-state index is 5.54. The Morgan fingerprint density at radius 2 is 1.32 bits per heavy atom. The van der Waals surface area contributed by atoms with E-state index < -0.39 is 5.97 Å². The van der Waals surface area contributed by atoms with Gasteiger partial charge in [0.25, 0.3) is 5.97 Å². The predicted octanol–water partition coefficient (Wildman–Crippen LogP) is 5.82. The van der Waals surface area contributed by atoms with E-state index in [2.05, 4.69) is 19.6 Å². The molecule has 1 atom stereocenters. The van der Waals surface area contributed by atoms with Gasteiger partial charge in [0.2, 0.25) is 0 Å². The van der Waals surface area contributed by atoms with Crippen molar-refractivity contribution in [3.8, 4) is 0 Å². The van der Waals surface area contributed by atoms with E-state index in [-0.39, 0.29) is 5.92 Å². The minimum atomic E-state index is -0.919. The lowest BCUT2D eigenvalue weighted by atomic mass is 9.93. The molecule has 0 fully saturated rings. The highest BCUT2D eigenvalue weighted by Crippen LogP contribution is 2.32. The Morgan fingerprint density at radius 3 is 1.76 bits per heavy atom. The zero-order chi connectivity index (χ0) is 19.4. The van der Waals surface area contributed by atoms with Crippen molar-refractivity contribution in [3.63, 3.8) is 0 Å². The smallest absolute Gasteiger partial charge is 0.285 e. The van der Waals surface area contributed by atoms with Crippen LogP contribution in [0.15, 0.2) is 11.5 Å². The van der Waals surface area contributed by atoms with Crippen LogP contribution in [0.2, 0.25) is 0 Å². The van der Waals surface area contributed by atoms with Crippen LogP contribution in [0, 0.1) is 5.92 Å². The van der Waals surface area contributed by atoms with Crippen LogP contribution in [0.5, 0.6) is 0 Å². The highest BCUT2D eigenvalue weighted by molar-refractivity contribution is 7.83. The van der Waals surface area contributed by atoms with Gasteiger partial charge in [-0.1, -0.05) is 51.5 Å². The molecule has 0 saturated carbocycles. The van der Waals surface area contributed by atoms with Crippen LogP contribution in [-0.4, -0.2) is 41.0 Å². The topological polar surface area (TPSA) is 36.9 Å². The van der Waals surface area contributed by atoms with Gasteiger partial charge in [0.1, 0.15) is 0 Å². The Hall–Kier alpha value is -0.0700. The first-order valence-electron chi connectivity index (χ1n) is 9.52. The first kappa shape index (κ1) is 27.2. The Bertz CT molecular complexity index is 269. The van der Waals surface area contributed by atoms with Crippen molar-refractivity contribution in [1.82, 2.24) is 0 Å². The van der Waals surface area contributed by atoms with Crippen LogP contribution in [0.3, 0.4) is 0 Å². The molecule has 0 amide bonds. The summed E-state index contributed by atoms with van der Waals surface area (Å²) in [5, 5.41) is 1.69. The van der Waals surface area contributed by atoms with E-state index in [1.165, 1.54) is 38.5 Å². The molecule has 5 heteroatoms. The number of allylic oxidation sites excluding steroid dienone is 1. The molecule has 0 heterocycles. The molecule has 0 aromatic heterocycles. The first-order chi connectivity index (χ1) is 12.1. The van der Waals surface area contributed by atoms with Gasteiger partial charge in [-0.2, -0.15) is 12.6 Å². The molecule has 0 aliphatic heterocycles. The van der Waals surface area contributed by atoms with Crippen LogP contribution in [-0.2, 0) is 18.9 Å². The summed E-state index contributed by atoms with van der Waals surface area (Å²) in [4.78, 5) is 0. The lowest BCUT2D eigenvalue weighted by Crippen LogP contribution is -2.44. The Morgan fingerprint density at radius 1 is 0.840 bits per heavy atom. The number of methoxy groups -OCH3 is 4. The molecular weight excluding hydrogens is 336 g/mol. The van der Waals surface area contributed by atoms with Crippen molar-refractivity contribution in [2.45, 2.75) is 77.6 Å². The highest BCUT2D eigenvalue weighted by atomic mass is 32.1. The summed E-state index contributed by atoms with van der Waals surface area (Å²) in [6.07, 6.45) is 12.7. The van der Waals surface area contributed by atoms with Crippen LogP contribution < -0.4 is 0 Å². The number of thiol groups is 1. The molecule has 0 spiro atoms. The average molecular weight is 379 g/mol. The average Bonchev–Trinajstić information content (AvgIpc) is 2.66. The van der Waals surface area contributed by atoms with E-state index in [1.54, 1.807) is 33.8 Å². The van der Waals surface area contributed by atoms with Gasteiger partial charge in [-0.3, -0.25) is 0 Å². The van der Waals surface area contributed by atoms with E-state index in [0.717, 1.165) is 25.9 Å². The Kier molecular flexibility index (Phi) is 22.0. The molecule has 0 rings (SSSR count). The number of hydrogen-bond acceptors (Lipinski definition) is 5. The number of rotatable bonds is 15. The third kappa shape index (κ3) is 13.8. The maximum Gasteiger partial charge on any atom is 0.285 e. The van der Waals surface area contributed by atoms with Gasteiger partial charge in [0, 0.05) is 41.0 Å². The van der Waals surface area contributed by atoms with Crippen molar-refractivity contribution in [1.29, 1.82) is 0 Å². The molecule has 0 aromatic carbocycles. The van der Waals surface area contributed by atoms with Gasteiger partial charge in [-0.05, 0) is 31.6 Å².